The van der Waals surface area contributed by atoms with Gasteiger partial charge in [0, 0.05) is 24.2 Å². The van der Waals surface area contributed by atoms with Crippen LogP contribution in [0.1, 0.15) is 48.9 Å². The molecule has 4 aromatic rings. The van der Waals surface area contributed by atoms with Crippen molar-refractivity contribution >= 4 is 60.7 Å². The van der Waals surface area contributed by atoms with Gasteiger partial charge in [0.2, 0.25) is 5.43 Å². The molecule has 0 saturated carbocycles. The van der Waals surface area contributed by atoms with E-state index in [9.17, 15) is 9.59 Å². The van der Waals surface area contributed by atoms with Crippen LogP contribution < -0.4 is 16.1 Å². The van der Waals surface area contributed by atoms with Gasteiger partial charge in [0.1, 0.15) is 16.2 Å². The lowest BCUT2D eigenvalue weighted by molar-refractivity contribution is 0.0951. The number of likely N-dealkylation sites (tertiary alicyclic amines) is 2. The van der Waals surface area contributed by atoms with Crippen molar-refractivity contribution in [2.45, 2.75) is 44.6 Å². The summed E-state index contributed by atoms with van der Waals surface area (Å²) in [7, 11) is 2.13. The Morgan fingerprint density at radius 3 is 2.77 bits per heavy atom. The van der Waals surface area contributed by atoms with Crippen molar-refractivity contribution < 1.29 is 4.79 Å². The molecule has 0 spiro atoms. The zero-order valence-corrected chi connectivity index (χ0v) is 23.9. The maximum atomic E-state index is 13.8. The Labute approximate surface area is 236 Å². The monoisotopic (exact) mass is 566 g/mol. The van der Waals surface area contributed by atoms with Crippen molar-refractivity contribution in [3.63, 3.8) is 0 Å². The van der Waals surface area contributed by atoms with Crippen LogP contribution >= 0.6 is 22.9 Å². The van der Waals surface area contributed by atoms with Gasteiger partial charge in [-0.25, -0.2) is 4.98 Å². The van der Waals surface area contributed by atoms with E-state index in [0.29, 0.717) is 33.5 Å². The third kappa shape index (κ3) is 5.37. The molecule has 10 heteroatoms. The Bertz CT molecular complexity index is 1580. The number of rotatable bonds is 9. The van der Waals surface area contributed by atoms with Gasteiger partial charge in [-0.05, 0) is 102 Å². The molecular weight excluding hydrogens is 532 g/mol. The summed E-state index contributed by atoms with van der Waals surface area (Å²) in [6.07, 6.45) is 6.82. The van der Waals surface area contributed by atoms with Gasteiger partial charge in [-0.1, -0.05) is 11.6 Å². The van der Waals surface area contributed by atoms with E-state index >= 15 is 0 Å². The number of nitrogens with one attached hydrogen (secondary N) is 2. The van der Waals surface area contributed by atoms with Gasteiger partial charge in [-0.15, -0.1) is 11.3 Å². The molecule has 39 heavy (non-hydrogen) atoms. The molecule has 5 heterocycles. The minimum Gasteiger partial charge on any atom is -0.370 e. The smallest absolute Gasteiger partial charge is 0.258 e. The molecule has 0 radical (unpaired) electrons. The van der Waals surface area contributed by atoms with Crippen LogP contribution in [0.2, 0.25) is 5.02 Å². The fourth-order valence-corrected chi connectivity index (χ4v) is 7.35. The quantitative estimate of drug-likeness (QED) is 0.283. The van der Waals surface area contributed by atoms with E-state index in [0.717, 1.165) is 54.9 Å². The topological polar surface area (TPSA) is 82.0 Å². The number of nitrogens with zero attached hydrogens (tertiary/aromatic N) is 4. The van der Waals surface area contributed by atoms with Crippen LogP contribution in [-0.2, 0) is 0 Å². The van der Waals surface area contributed by atoms with Crippen LogP contribution in [0.5, 0.6) is 0 Å². The van der Waals surface area contributed by atoms with Gasteiger partial charge >= 0.3 is 0 Å². The molecule has 1 unspecified atom stereocenters. The second kappa shape index (κ2) is 11.4. The lowest BCUT2D eigenvalue weighted by atomic mass is 10.1. The number of hydrogen-bond acceptors (Lipinski definition) is 7. The van der Waals surface area contributed by atoms with Gasteiger partial charge in [-0.2, -0.15) is 0 Å². The first-order valence-electron chi connectivity index (χ1n) is 14.0. The number of thiazole rings is 1. The van der Waals surface area contributed by atoms with E-state index in [1.54, 1.807) is 6.07 Å². The van der Waals surface area contributed by atoms with E-state index in [1.807, 2.05) is 28.7 Å². The van der Waals surface area contributed by atoms with Gasteiger partial charge in [-0.3, -0.25) is 14.0 Å². The van der Waals surface area contributed by atoms with E-state index in [4.69, 9.17) is 16.6 Å². The number of amides is 1. The van der Waals surface area contributed by atoms with E-state index in [2.05, 4.69) is 27.5 Å². The van der Waals surface area contributed by atoms with Crippen LogP contribution in [0.4, 0.5) is 5.82 Å². The SMILES string of the molecule is CN1CCCC1CCNC(=O)c1c(=O)c2ccc(NCCCN3CCCC3)nc2n2c1sc1ccc(Cl)cc12. The van der Waals surface area contributed by atoms with E-state index < -0.39 is 0 Å². The molecule has 2 N–H and O–H groups in total. The minimum atomic E-state index is -0.332. The lowest BCUT2D eigenvalue weighted by Gasteiger charge is -2.19. The molecule has 6 rings (SSSR count). The molecule has 1 aromatic carbocycles. The number of pyridine rings is 2. The fraction of sp³-hybridized carbons (Fsp3) is 0.483. The Kier molecular flexibility index (Phi) is 7.75. The van der Waals surface area contributed by atoms with E-state index in [-0.39, 0.29) is 16.9 Å². The van der Waals surface area contributed by atoms with E-state index in [1.165, 1.54) is 43.7 Å². The van der Waals surface area contributed by atoms with Crippen molar-refractivity contribution in [3.8, 4) is 0 Å². The maximum absolute atomic E-state index is 13.8. The third-order valence-electron chi connectivity index (χ3n) is 8.16. The molecule has 206 valence electrons. The first kappa shape index (κ1) is 26.5. The summed E-state index contributed by atoms with van der Waals surface area (Å²) >= 11 is 7.81. The average Bonchev–Trinajstić information content (AvgIpc) is 3.67. The summed E-state index contributed by atoms with van der Waals surface area (Å²) in [6.45, 7) is 5.89. The summed E-state index contributed by atoms with van der Waals surface area (Å²) in [5.41, 5.74) is 1.27. The highest BCUT2D eigenvalue weighted by Crippen LogP contribution is 2.32. The zero-order valence-electron chi connectivity index (χ0n) is 22.3. The number of aromatic nitrogens is 2. The van der Waals surface area contributed by atoms with Crippen molar-refractivity contribution in [2.24, 2.45) is 0 Å². The summed E-state index contributed by atoms with van der Waals surface area (Å²) < 4.78 is 2.87. The summed E-state index contributed by atoms with van der Waals surface area (Å²) in [4.78, 5) is 37.5. The molecule has 0 bridgehead atoms. The molecule has 2 saturated heterocycles. The second-order valence-electron chi connectivity index (χ2n) is 10.8. The molecule has 1 atom stereocenters. The van der Waals surface area contributed by atoms with Gasteiger partial charge in [0.25, 0.3) is 5.91 Å². The molecule has 0 aliphatic carbocycles. The Hall–Kier alpha value is -2.72. The average molecular weight is 567 g/mol. The number of carbonyl (C=O) groups excluding carboxylic acids is 1. The van der Waals surface area contributed by atoms with Crippen LogP contribution in [0.3, 0.4) is 0 Å². The fourth-order valence-electron chi connectivity index (χ4n) is 6.02. The van der Waals surface area contributed by atoms with Gasteiger partial charge < -0.3 is 20.4 Å². The van der Waals surface area contributed by atoms with Crippen molar-refractivity contribution in [2.75, 3.05) is 51.6 Å². The standard InChI is InChI=1S/C29H35ClN6O2S/c1-34-14-4-6-20(34)11-13-32-28(38)25-26(37)21-8-10-24(31-12-5-17-35-15-2-3-16-35)33-27(21)36-22-18-19(30)7-9-23(22)39-29(25)36/h7-10,18,20H,2-6,11-17H2,1H3,(H,31,33)(H,32,38). The molecular formula is C29H35ClN6O2S. The van der Waals surface area contributed by atoms with Crippen LogP contribution in [0.25, 0.3) is 26.1 Å². The molecule has 2 aliphatic heterocycles. The molecule has 8 nitrogen and oxygen atoms in total. The molecule has 2 fully saturated rings. The lowest BCUT2D eigenvalue weighted by Crippen LogP contribution is -2.34. The van der Waals surface area contributed by atoms with Crippen molar-refractivity contribution in [3.05, 3.63) is 51.1 Å². The highest BCUT2D eigenvalue weighted by molar-refractivity contribution is 7.24. The van der Waals surface area contributed by atoms with Crippen LogP contribution in [-0.4, -0.2) is 77.4 Å². The third-order valence-corrected chi connectivity index (χ3v) is 9.54. The maximum Gasteiger partial charge on any atom is 0.258 e. The predicted molar refractivity (Wildman–Crippen MR) is 161 cm³/mol. The first-order chi connectivity index (χ1) is 19.0. The number of anilines is 1. The van der Waals surface area contributed by atoms with Crippen molar-refractivity contribution in [1.82, 2.24) is 24.5 Å². The number of fused-ring (bicyclic) bond motifs is 5. The number of halogens is 1. The van der Waals surface area contributed by atoms with Crippen LogP contribution in [0, 0.1) is 0 Å². The molecule has 2 aliphatic rings. The Morgan fingerprint density at radius 2 is 1.97 bits per heavy atom. The highest BCUT2D eigenvalue weighted by Gasteiger charge is 2.24. The zero-order chi connectivity index (χ0) is 26.9. The Balaban J connectivity index is 1.33. The molecule has 3 aromatic heterocycles. The van der Waals surface area contributed by atoms with Gasteiger partial charge in [0.05, 0.1) is 15.6 Å². The van der Waals surface area contributed by atoms with Gasteiger partial charge in [0.15, 0.2) is 5.65 Å². The number of benzene rings is 1. The summed E-state index contributed by atoms with van der Waals surface area (Å²) in [6, 6.07) is 9.74. The van der Waals surface area contributed by atoms with Crippen LogP contribution in [0.15, 0.2) is 35.1 Å². The number of carbonyl (C=O) groups is 1. The Morgan fingerprint density at radius 1 is 1.13 bits per heavy atom. The van der Waals surface area contributed by atoms with Crippen molar-refractivity contribution in [1.29, 1.82) is 0 Å². The largest absolute Gasteiger partial charge is 0.370 e. The normalized spacial score (nSPS) is 18.6. The summed E-state index contributed by atoms with van der Waals surface area (Å²) in [5.74, 6) is 0.387. The number of hydrogen-bond donors (Lipinski definition) is 2. The minimum absolute atomic E-state index is 0.174. The summed E-state index contributed by atoms with van der Waals surface area (Å²) in [5, 5.41) is 7.49. The second-order valence-corrected chi connectivity index (χ2v) is 12.2. The highest BCUT2D eigenvalue weighted by atomic mass is 35.5. The predicted octanol–water partition coefficient (Wildman–Crippen LogP) is 4.83. The molecule has 1 amide bonds. The first-order valence-corrected chi connectivity index (χ1v) is 15.2.